The molecule has 1 unspecified atom stereocenters. The van der Waals surface area contributed by atoms with Gasteiger partial charge in [-0.05, 0) is 11.5 Å². The highest BCUT2D eigenvalue weighted by molar-refractivity contribution is 5.79. The molecule has 4 heteroatoms. The Kier molecular flexibility index (Phi) is 6.64. The number of hydrogen-bond donors (Lipinski definition) is 0. The fourth-order valence-corrected chi connectivity index (χ4v) is 2.03. The summed E-state index contributed by atoms with van der Waals surface area (Å²) in [5.41, 5.74) is 0.983. The van der Waals surface area contributed by atoms with Crippen molar-refractivity contribution in [1.82, 2.24) is 0 Å². The Balaban J connectivity index is 2.67. The number of nitro groups is 1. The molecular weight excluding hydrogens is 254 g/mol. The minimum absolute atomic E-state index is 0.0876. The zero-order chi connectivity index (χ0) is 15.0. The summed E-state index contributed by atoms with van der Waals surface area (Å²) in [5, 5.41) is 10.7. The summed E-state index contributed by atoms with van der Waals surface area (Å²) in [6.07, 6.45) is 4.34. The number of ketones is 1. The number of nitrogens with zero attached hydrogens (tertiary/aromatic N) is 1. The van der Waals surface area contributed by atoms with Crippen molar-refractivity contribution in [3.05, 3.63) is 52.1 Å². The Morgan fingerprint density at radius 3 is 2.45 bits per heavy atom. The Morgan fingerprint density at radius 2 is 1.90 bits per heavy atom. The third-order valence-electron chi connectivity index (χ3n) is 2.87. The monoisotopic (exact) mass is 275 g/mol. The van der Waals surface area contributed by atoms with Crippen LogP contribution < -0.4 is 0 Å². The van der Waals surface area contributed by atoms with E-state index in [1.165, 1.54) is 0 Å². The first-order valence-corrected chi connectivity index (χ1v) is 6.84. The Morgan fingerprint density at radius 1 is 1.25 bits per heavy atom. The molecule has 0 bridgehead atoms. The Labute approximate surface area is 119 Å². The maximum Gasteiger partial charge on any atom is 0.210 e. The maximum atomic E-state index is 11.8. The molecule has 0 spiro atoms. The van der Waals surface area contributed by atoms with Gasteiger partial charge in [0.05, 0.1) is 0 Å². The van der Waals surface area contributed by atoms with Crippen molar-refractivity contribution >= 4 is 11.9 Å². The molecule has 0 saturated carbocycles. The first kappa shape index (κ1) is 16.1. The molecule has 0 heterocycles. The minimum Gasteiger partial charge on any atom is -0.300 e. The maximum absolute atomic E-state index is 11.8. The van der Waals surface area contributed by atoms with Gasteiger partial charge in [0, 0.05) is 23.7 Å². The van der Waals surface area contributed by atoms with Crippen molar-refractivity contribution in [2.24, 2.45) is 11.8 Å². The number of benzene rings is 1. The number of rotatable bonds is 8. The fraction of sp³-hybridized carbons (Fsp3) is 0.438. The van der Waals surface area contributed by atoms with Crippen LogP contribution in [-0.2, 0) is 4.79 Å². The van der Waals surface area contributed by atoms with Gasteiger partial charge in [0.25, 0.3) is 0 Å². The van der Waals surface area contributed by atoms with Gasteiger partial charge in [0.1, 0.15) is 5.78 Å². The fourth-order valence-electron chi connectivity index (χ4n) is 2.03. The van der Waals surface area contributed by atoms with E-state index in [1.807, 2.05) is 50.3 Å². The summed E-state index contributed by atoms with van der Waals surface area (Å²) in [6.45, 7) is 3.74. The third-order valence-corrected chi connectivity index (χ3v) is 2.87. The first-order valence-electron chi connectivity index (χ1n) is 6.84. The lowest BCUT2D eigenvalue weighted by molar-refractivity contribution is -0.485. The topological polar surface area (TPSA) is 60.2 Å². The minimum atomic E-state index is -0.358. The average Bonchev–Trinajstić information content (AvgIpc) is 2.35. The predicted octanol–water partition coefficient (Wildman–Crippen LogP) is 3.60. The average molecular weight is 275 g/mol. The van der Waals surface area contributed by atoms with E-state index >= 15 is 0 Å². The standard InChI is InChI=1S/C16H21NO3/c1-13(2)10-16(18)11-15(12-17(19)20)9-8-14-6-4-3-5-7-14/h3-9,13,15H,10-12H2,1-2H3/b9-8+. The van der Waals surface area contributed by atoms with Crippen molar-refractivity contribution in [2.45, 2.75) is 26.7 Å². The van der Waals surface area contributed by atoms with Crippen LogP contribution in [0.1, 0.15) is 32.3 Å². The summed E-state index contributed by atoms with van der Waals surface area (Å²) in [6, 6.07) is 9.58. The Hall–Kier alpha value is -1.97. The van der Waals surface area contributed by atoms with Gasteiger partial charge >= 0.3 is 0 Å². The first-order chi connectivity index (χ1) is 9.47. The van der Waals surface area contributed by atoms with E-state index in [-0.39, 0.29) is 35.5 Å². The van der Waals surface area contributed by atoms with E-state index in [1.54, 1.807) is 6.08 Å². The van der Waals surface area contributed by atoms with Crippen LogP contribution in [0.2, 0.25) is 0 Å². The van der Waals surface area contributed by atoms with Crippen molar-refractivity contribution in [2.75, 3.05) is 6.54 Å². The third kappa shape index (κ3) is 6.83. The van der Waals surface area contributed by atoms with Gasteiger partial charge in [-0.15, -0.1) is 0 Å². The molecule has 0 radical (unpaired) electrons. The van der Waals surface area contributed by atoms with Crippen LogP contribution in [0.5, 0.6) is 0 Å². The molecule has 0 N–H and O–H groups in total. The largest absolute Gasteiger partial charge is 0.300 e. The van der Waals surface area contributed by atoms with E-state index < -0.39 is 0 Å². The zero-order valence-electron chi connectivity index (χ0n) is 12.0. The highest BCUT2D eigenvalue weighted by Gasteiger charge is 2.17. The van der Waals surface area contributed by atoms with Gasteiger partial charge < -0.3 is 0 Å². The molecule has 1 atom stereocenters. The smallest absolute Gasteiger partial charge is 0.210 e. The van der Waals surface area contributed by atoms with Gasteiger partial charge in [-0.2, -0.15) is 0 Å². The molecule has 1 aromatic carbocycles. The lowest BCUT2D eigenvalue weighted by Crippen LogP contribution is -2.17. The summed E-state index contributed by atoms with van der Waals surface area (Å²) in [4.78, 5) is 22.1. The van der Waals surface area contributed by atoms with E-state index in [4.69, 9.17) is 0 Å². The second-order valence-corrected chi connectivity index (χ2v) is 5.39. The zero-order valence-corrected chi connectivity index (χ0v) is 12.0. The van der Waals surface area contributed by atoms with E-state index in [2.05, 4.69) is 0 Å². The van der Waals surface area contributed by atoms with Gasteiger partial charge in [0.2, 0.25) is 6.54 Å². The van der Waals surface area contributed by atoms with E-state index in [9.17, 15) is 14.9 Å². The van der Waals surface area contributed by atoms with Crippen LogP contribution >= 0.6 is 0 Å². The SMILES string of the molecule is CC(C)CC(=O)CC(/C=C/c1ccccc1)C[N+](=O)[O-]. The summed E-state index contributed by atoms with van der Waals surface area (Å²) in [5.74, 6) is 0.0397. The van der Waals surface area contributed by atoms with Gasteiger partial charge in [-0.3, -0.25) is 14.9 Å². The predicted molar refractivity (Wildman–Crippen MR) is 79.9 cm³/mol. The van der Waals surface area contributed by atoms with Crippen LogP contribution in [0.25, 0.3) is 6.08 Å². The van der Waals surface area contributed by atoms with Gasteiger partial charge in [-0.1, -0.05) is 56.3 Å². The lowest BCUT2D eigenvalue weighted by atomic mass is 9.96. The number of Topliss-reactive ketones (excluding diaryl/α,β-unsaturated/α-hetero) is 1. The Bertz CT molecular complexity index is 466. The number of carbonyl (C=O) groups excluding carboxylic acids is 1. The van der Waals surface area contributed by atoms with Crippen molar-refractivity contribution < 1.29 is 9.72 Å². The molecule has 20 heavy (non-hydrogen) atoms. The van der Waals surface area contributed by atoms with Crippen LogP contribution in [0.15, 0.2) is 36.4 Å². The summed E-state index contributed by atoms with van der Waals surface area (Å²) < 4.78 is 0. The van der Waals surface area contributed by atoms with Gasteiger partial charge in [0.15, 0.2) is 0 Å². The lowest BCUT2D eigenvalue weighted by Gasteiger charge is -2.09. The highest BCUT2D eigenvalue weighted by Crippen LogP contribution is 2.13. The number of hydrogen-bond acceptors (Lipinski definition) is 3. The molecule has 0 aliphatic rings. The molecule has 0 aliphatic carbocycles. The van der Waals surface area contributed by atoms with E-state index in [0.717, 1.165) is 5.56 Å². The van der Waals surface area contributed by atoms with Gasteiger partial charge in [-0.25, -0.2) is 0 Å². The normalized spacial score (nSPS) is 12.8. The molecular formula is C16H21NO3. The second kappa shape index (κ2) is 8.25. The molecule has 1 aromatic rings. The molecule has 0 amide bonds. The van der Waals surface area contributed by atoms with Crippen LogP contribution in [-0.4, -0.2) is 17.3 Å². The molecule has 0 aromatic heterocycles. The molecule has 0 fully saturated rings. The molecule has 1 rings (SSSR count). The molecule has 4 nitrogen and oxygen atoms in total. The molecule has 108 valence electrons. The second-order valence-electron chi connectivity index (χ2n) is 5.39. The molecule has 0 aliphatic heterocycles. The van der Waals surface area contributed by atoms with Crippen molar-refractivity contribution in [3.63, 3.8) is 0 Å². The van der Waals surface area contributed by atoms with Crippen molar-refractivity contribution in [3.8, 4) is 0 Å². The molecule has 0 saturated heterocycles. The van der Waals surface area contributed by atoms with Crippen molar-refractivity contribution in [1.29, 1.82) is 0 Å². The van der Waals surface area contributed by atoms with Crippen LogP contribution in [0, 0.1) is 22.0 Å². The summed E-state index contributed by atoms with van der Waals surface area (Å²) >= 11 is 0. The summed E-state index contributed by atoms with van der Waals surface area (Å²) in [7, 11) is 0. The quantitative estimate of drug-likeness (QED) is 0.538. The van der Waals surface area contributed by atoms with Crippen LogP contribution in [0.3, 0.4) is 0 Å². The van der Waals surface area contributed by atoms with E-state index in [0.29, 0.717) is 6.42 Å². The number of carbonyl (C=O) groups is 1. The highest BCUT2D eigenvalue weighted by atomic mass is 16.6. The van der Waals surface area contributed by atoms with Crippen LogP contribution in [0.4, 0.5) is 0 Å².